The number of hydrogen-bond acceptors (Lipinski definition) is 3. The Balaban J connectivity index is 1.40. The molecule has 2 N–H and O–H groups in total. The fourth-order valence-corrected chi connectivity index (χ4v) is 4.60. The molecule has 6 nitrogen and oxygen atoms in total. The summed E-state index contributed by atoms with van der Waals surface area (Å²) >= 11 is 0. The van der Waals surface area contributed by atoms with Gasteiger partial charge in [0.25, 0.3) is 5.91 Å². The highest BCUT2D eigenvalue weighted by Crippen LogP contribution is 2.32. The van der Waals surface area contributed by atoms with Crippen LogP contribution in [-0.2, 0) is 15.1 Å². The van der Waals surface area contributed by atoms with Crippen molar-refractivity contribution in [3.63, 3.8) is 0 Å². The van der Waals surface area contributed by atoms with Crippen LogP contribution in [0, 0.1) is 5.82 Å². The third kappa shape index (κ3) is 5.09. The summed E-state index contributed by atoms with van der Waals surface area (Å²) in [5.74, 6) is -1.27. The molecule has 0 saturated carbocycles. The number of urea groups is 1. The van der Waals surface area contributed by atoms with E-state index in [9.17, 15) is 18.8 Å². The van der Waals surface area contributed by atoms with Crippen molar-refractivity contribution in [1.29, 1.82) is 0 Å². The van der Waals surface area contributed by atoms with E-state index in [1.165, 1.54) is 24.3 Å². The number of hydrogen-bond donors (Lipinski definition) is 2. The summed E-state index contributed by atoms with van der Waals surface area (Å²) in [5, 5.41) is 5.56. The number of carbonyl (C=O) groups is 3. The van der Waals surface area contributed by atoms with Gasteiger partial charge in [0.15, 0.2) is 0 Å². The van der Waals surface area contributed by atoms with Crippen molar-refractivity contribution in [2.45, 2.75) is 31.2 Å². The molecule has 3 aromatic carbocycles. The van der Waals surface area contributed by atoms with Crippen molar-refractivity contribution in [3.05, 3.63) is 107 Å². The van der Waals surface area contributed by atoms with E-state index in [4.69, 9.17) is 0 Å². The number of benzene rings is 3. The molecule has 1 aliphatic heterocycles. The lowest BCUT2D eigenvalue weighted by molar-refractivity contribution is -0.135. The molecule has 0 radical (unpaired) electrons. The minimum absolute atomic E-state index is 0.0978. The molecule has 0 spiro atoms. The van der Waals surface area contributed by atoms with E-state index in [2.05, 4.69) is 34.9 Å². The number of nitrogens with zero attached hydrogens (tertiary/aromatic N) is 1. The molecule has 1 fully saturated rings. The third-order valence-electron chi connectivity index (χ3n) is 6.50. The maximum absolute atomic E-state index is 13.4. The predicted octanol–water partition coefficient (Wildman–Crippen LogP) is 4.32. The highest BCUT2D eigenvalue weighted by atomic mass is 19.1. The standard InChI is InChI=1S/C28H28FN3O3/c1-2-28(22-13-15-23(29)16-14-22)26(34)32(27(35)31-28)19-25(33)30-18-17-24(20-9-5-3-6-10-20)21-11-7-4-8-12-21/h3-16,24H,2,17-19H2,1H3,(H,30,33)(H,31,35). The van der Waals surface area contributed by atoms with Crippen molar-refractivity contribution in [2.75, 3.05) is 13.1 Å². The molecule has 35 heavy (non-hydrogen) atoms. The van der Waals surface area contributed by atoms with Crippen LogP contribution >= 0.6 is 0 Å². The zero-order valence-electron chi connectivity index (χ0n) is 19.5. The van der Waals surface area contributed by atoms with Gasteiger partial charge in [-0.1, -0.05) is 79.7 Å². The van der Waals surface area contributed by atoms with Crippen molar-refractivity contribution in [2.24, 2.45) is 0 Å². The van der Waals surface area contributed by atoms with Gasteiger partial charge in [0.1, 0.15) is 17.9 Å². The summed E-state index contributed by atoms with van der Waals surface area (Å²) in [6.07, 6.45) is 0.936. The molecule has 1 unspecified atom stereocenters. The van der Waals surface area contributed by atoms with Crippen LogP contribution in [0.15, 0.2) is 84.9 Å². The maximum Gasteiger partial charge on any atom is 0.325 e. The zero-order chi connectivity index (χ0) is 24.8. The van der Waals surface area contributed by atoms with Crippen LogP contribution in [0.3, 0.4) is 0 Å². The van der Waals surface area contributed by atoms with Crippen molar-refractivity contribution < 1.29 is 18.8 Å². The Morgan fingerprint density at radius 2 is 1.51 bits per heavy atom. The number of amides is 4. The molecule has 180 valence electrons. The summed E-state index contributed by atoms with van der Waals surface area (Å²) in [4.78, 5) is 39.5. The average Bonchev–Trinajstić information content (AvgIpc) is 3.13. The van der Waals surface area contributed by atoms with E-state index in [0.717, 1.165) is 16.0 Å². The molecular formula is C28H28FN3O3. The highest BCUT2D eigenvalue weighted by Gasteiger charge is 2.51. The highest BCUT2D eigenvalue weighted by molar-refractivity contribution is 6.09. The van der Waals surface area contributed by atoms with E-state index < -0.39 is 29.2 Å². The molecule has 3 aromatic rings. The second-order valence-electron chi connectivity index (χ2n) is 8.60. The lowest BCUT2D eigenvalue weighted by Crippen LogP contribution is -2.45. The van der Waals surface area contributed by atoms with Gasteiger partial charge in [0.05, 0.1) is 0 Å². The lowest BCUT2D eigenvalue weighted by Gasteiger charge is -2.25. The number of nitrogens with one attached hydrogen (secondary N) is 2. The number of carbonyl (C=O) groups excluding carboxylic acids is 3. The number of imide groups is 1. The fourth-order valence-electron chi connectivity index (χ4n) is 4.60. The molecule has 4 rings (SSSR count). The first kappa shape index (κ1) is 24.1. The predicted molar refractivity (Wildman–Crippen MR) is 131 cm³/mol. The van der Waals surface area contributed by atoms with Gasteiger partial charge in [0, 0.05) is 12.5 Å². The first-order chi connectivity index (χ1) is 16.9. The van der Waals surface area contributed by atoms with Gasteiger partial charge in [-0.05, 0) is 41.7 Å². The summed E-state index contributed by atoms with van der Waals surface area (Å²) in [7, 11) is 0. The Labute approximate surface area is 204 Å². The van der Waals surface area contributed by atoms with E-state index in [1.54, 1.807) is 6.92 Å². The lowest BCUT2D eigenvalue weighted by atomic mass is 9.87. The smallest absolute Gasteiger partial charge is 0.325 e. The number of halogens is 1. The third-order valence-corrected chi connectivity index (χ3v) is 6.50. The van der Waals surface area contributed by atoms with Gasteiger partial charge in [-0.2, -0.15) is 0 Å². The average molecular weight is 474 g/mol. The quantitative estimate of drug-likeness (QED) is 0.455. The molecule has 7 heteroatoms. The molecule has 4 amide bonds. The molecule has 0 aromatic heterocycles. The van der Waals surface area contributed by atoms with Crippen LogP contribution in [0.5, 0.6) is 0 Å². The zero-order valence-corrected chi connectivity index (χ0v) is 19.5. The second-order valence-corrected chi connectivity index (χ2v) is 8.60. The van der Waals surface area contributed by atoms with E-state index >= 15 is 0 Å². The van der Waals surface area contributed by atoms with Gasteiger partial charge >= 0.3 is 6.03 Å². The monoisotopic (exact) mass is 473 g/mol. The normalized spacial score (nSPS) is 17.5. The molecule has 1 aliphatic rings. The van der Waals surface area contributed by atoms with E-state index in [0.29, 0.717) is 18.5 Å². The van der Waals surface area contributed by atoms with Crippen LogP contribution in [0.4, 0.5) is 9.18 Å². The Bertz CT molecular complexity index is 1150. The number of rotatable bonds is 9. The minimum atomic E-state index is -1.31. The van der Waals surface area contributed by atoms with Crippen LogP contribution in [0.2, 0.25) is 0 Å². The first-order valence-electron chi connectivity index (χ1n) is 11.7. The van der Waals surface area contributed by atoms with Gasteiger partial charge < -0.3 is 10.6 Å². The minimum Gasteiger partial charge on any atom is -0.355 e. The van der Waals surface area contributed by atoms with E-state index in [1.807, 2.05) is 36.4 Å². The van der Waals surface area contributed by atoms with Gasteiger partial charge in [0.2, 0.25) is 5.91 Å². The summed E-state index contributed by atoms with van der Waals surface area (Å²) < 4.78 is 13.4. The van der Waals surface area contributed by atoms with Crippen molar-refractivity contribution >= 4 is 17.8 Å². The van der Waals surface area contributed by atoms with Crippen LogP contribution < -0.4 is 10.6 Å². The molecular weight excluding hydrogens is 445 g/mol. The van der Waals surface area contributed by atoms with Gasteiger partial charge in [-0.25, -0.2) is 9.18 Å². The summed E-state index contributed by atoms with van der Waals surface area (Å²) in [6.45, 7) is 1.77. The topological polar surface area (TPSA) is 78.5 Å². The van der Waals surface area contributed by atoms with Crippen LogP contribution in [-0.4, -0.2) is 35.8 Å². The van der Waals surface area contributed by atoms with Crippen molar-refractivity contribution in [3.8, 4) is 0 Å². The van der Waals surface area contributed by atoms with Crippen LogP contribution in [0.1, 0.15) is 42.4 Å². The second kappa shape index (κ2) is 10.5. The Kier molecular flexibility index (Phi) is 7.25. The molecule has 0 aliphatic carbocycles. The van der Waals surface area contributed by atoms with Gasteiger partial charge in [-0.3, -0.25) is 14.5 Å². The first-order valence-corrected chi connectivity index (χ1v) is 11.7. The Hall–Kier alpha value is -4.00. The van der Waals surface area contributed by atoms with E-state index in [-0.39, 0.29) is 18.9 Å². The Morgan fingerprint density at radius 3 is 2.06 bits per heavy atom. The van der Waals surface area contributed by atoms with Crippen LogP contribution in [0.25, 0.3) is 0 Å². The Morgan fingerprint density at radius 1 is 0.943 bits per heavy atom. The summed E-state index contributed by atoms with van der Waals surface area (Å²) in [6, 6.07) is 25.0. The summed E-state index contributed by atoms with van der Waals surface area (Å²) in [5.41, 5.74) is 1.47. The SMILES string of the molecule is CCC1(c2ccc(F)cc2)NC(=O)N(CC(=O)NCCC(c2ccccc2)c2ccccc2)C1=O. The molecule has 1 atom stereocenters. The molecule has 1 heterocycles. The largest absolute Gasteiger partial charge is 0.355 e. The molecule has 1 saturated heterocycles. The van der Waals surface area contributed by atoms with Gasteiger partial charge in [-0.15, -0.1) is 0 Å². The maximum atomic E-state index is 13.4. The fraction of sp³-hybridized carbons (Fsp3) is 0.250. The molecule has 0 bridgehead atoms. The van der Waals surface area contributed by atoms with Crippen molar-refractivity contribution in [1.82, 2.24) is 15.5 Å².